The van der Waals surface area contributed by atoms with Crippen molar-refractivity contribution < 1.29 is 0 Å². The molecule has 39 heavy (non-hydrogen) atoms. The molecule has 0 N–H and O–H groups in total. The monoisotopic (exact) mass is 549 g/mol. The minimum Gasteiger partial charge on any atom is -0.341 e. The molecule has 0 radical (unpaired) electrons. The molecule has 3 aromatic rings. The van der Waals surface area contributed by atoms with Crippen LogP contribution in [0.2, 0.25) is 5.02 Å². The predicted molar refractivity (Wildman–Crippen MR) is 180 cm³/mol. The van der Waals surface area contributed by atoms with E-state index in [1.807, 2.05) is 45.9 Å². The van der Waals surface area contributed by atoms with Gasteiger partial charge < -0.3 is 4.57 Å². The fraction of sp³-hybridized carbons (Fsp3) is 0.459. The van der Waals surface area contributed by atoms with E-state index < -0.39 is 0 Å². The van der Waals surface area contributed by atoms with Crippen LogP contribution in [-0.4, -0.2) is 4.57 Å². The number of nitrogens with zero attached hydrogens (tertiary/aromatic N) is 1. The Labute approximate surface area is 246 Å². The lowest BCUT2D eigenvalue weighted by molar-refractivity contribution is 0.389. The lowest BCUT2D eigenvalue weighted by Crippen LogP contribution is -2.29. The molecule has 0 aliphatic carbocycles. The summed E-state index contributed by atoms with van der Waals surface area (Å²) >= 11 is 6.45. The quantitative estimate of drug-likeness (QED) is 0.246. The number of halogens is 1. The van der Waals surface area contributed by atoms with Gasteiger partial charge >= 0.3 is 0 Å². The Hall–Kier alpha value is -2.51. The summed E-state index contributed by atoms with van der Waals surface area (Å²) in [5.41, 5.74) is 7.67. The highest BCUT2D eigenvalue weighted by Gasteiger charge is 2.14. The van der Waals surface area contributed by atoms with E-state index in [1.54, 1.807) is 0 Å². The second-order valence-corrected chi connectivity index (χ2v) is 10.6. The van der Waals surface area contributed by atoms with Crippen LogP contribution in [0.25, 0.3) is 23.9 Å². The number of rotatable bonds is 8. The van der Waals surface area contributed by atoms with Gasteiger partial charge in [0.2, 0.25) is 0 Å². The molecule has 1 nitrogen and oxygen atoms in total. The average molecular weight is 550 g/mol. The third-order valence-electron chi connectivity index (χ3n) is 6.67. The van der Waals surface area contributed by atoms with Crippen LogP contribution in [0, 0.1) is 19.8 Å². The first-order valence-corrected chi connectivity index (χ1v) is 15.2. The number of hydrogen-bond donors (Lipinski definition) is 0. The standard InChI is InChI=1S/C21H28ClN.C10H14.C4H8.C2H6/c1-5-8-11-17(6-2)15-23-16(4)18(7-3)14-21(23)19-12-9-10-13-20(19)22;1-4-10-6-5-8(2)9(3)7-10;1-4(2)3;1-2/h7,9-10,12-14,17H,4-6,8,11,15H2,1-3H3;5-7H,4H2,1-3H3;1H2,2-3H3;1-2H3/b18-7-;;;/t17-;;;/m0.../s1. The lowest BCUT2D eigenvalue weighted by Gasteiger charge is -2.18. The van der Waals surface area contributed by atoms with Gasteiger partial charge in [-0.1, -0.05) is 120 Å². The highest BCUT2D eigenvalue weighted by Crippen LogP contribution is 2.27. The van der Waals surface area contributed by atoms with E-state index >= 15 is 0 Å². The van der Waals surface area contributed by atoms with Crippen LogP contribution in [-0.2, 0) is 13.0 Å². The fourth-order valence-corrected chi connectivity index (χ4v) is 4.39. The maximum atomic E-state index is 6.45. The number of allylic oxidation sites excluding steroid dienone is 1. The lowest BCUT2D eigenvalue weighted by atomic mass is 9.99. The molecule has 1 aromatic heterocycles. The number of aromatic nitrogens is 1. The molecule has 1 atom stereocenters. The molecule has 0 bridgehead atoms. The second kappa shape index (κ2) is 20.4. The van der Waals surface area contributed by atoms with Gasteiger partial charge in [0.1, 0.15) is 0 Å². The molecule has 216 valence electrons. The van der Waals surface area contributed by atoms with Crippen molar-refractivity contribution in [1.82, 2.24) is 4.57 Å². The summed E-state index contributed by atoms with van der Waals surface area (Å²) in [6.07, 6.45) is 8.29. The Bertz CT molecular complexity index is 1210. The molecule has 3 rings (SSSR count). The van der Waals surface area contributed by atoms with E-state index in [0.717, 1.165) is 28.9 Å². The second-order valence-electron chi connectivity index (χ2n) is 10.2. The summed E-state index contributed by atoms with van der Waals surface area (Å²) in [5.74, 6) is 0.689. The normalized spacial score (nSPS) is 11.3. The Morgan fingerprint density at radius 3 is 2.08 bits per heavy atom. The summed E-state index contributed by atoms with van der Waals surface area (Å²) in [6, 6.07) is 16.9. The molecular formula is C37H56ClN. The van der Waals surface area contributed by atoms with E-state index in [2.05, 4.69) is 95.7 Å². The highest BCUT2D eigenvalue weighted by atomic mass is 35.5. The summed E-state index contributed by atoms with van der Waals surface area (Å²) in [5, 5.41) is 3.10. The summed E-state index contributed by atoms with van der Waals surface area (Å²) < 4.78 is 2.36. The Morgan fingerprint density at radius 2 is 1.59 bits per heavy atom. The van der Waals surface area contributed by atoms with Crippen LogP contribution >= 0.6 is 11.6 Å². The number of unbranched alkanes of at least 4 members (excludes halogenated alkanes) is 1. The van der Waals surface area contributed by atoms with Crippen molar-refractivity contribution in [2.24, 2.45) is 5.92 Å². The summed E-state index contributed by atoms with van der Waals surface area (Å²) in [6.45, 7) is 29.9. The van der Waals surface area contributed by atoms with Crippen molar-refractivity contribution in [2.45, 2.75) is 108 Å². The minimum absolute atomic E-state index is 0.689. The van der Waals surface area contributed by atoms with Crippen molar-refractivity contribution >= 4 is 24.3 Å². The van der Waals surface area contributed by atoms with Gasteiger partial charge in [-0.3, -0.25) is 0 Å². The van der Waals surface area contributed by atoms with Crippen molar-refractivity contribution in [3.05, 3.63) is 93.0 Å². The van der Waals surface area contributed by atoms with Crippen LogP contribution in [0.5, 0.6) is 0 Å². The molecule has 2 heteroatoms. The number of benzene rings is 2. The molecular weight excluding hydrogens is 494 g/mol. The average Bonchev–Trinajstić information content (AvgIpc) is 3.24. The summed E-state index contributed by atoms with van der Waals surface area (Å²) in [7, 11) is 0. The van der Waals surface area contributed by atoms with Crippen LogP contribution in [0.15, 0.2) is 60.7 Å². The molecule has 0 saturated heterocycles. The minimum atomic E-state index is 0.689. The van der Waals surface area contributed by atoms with E-state index in [4.69, 9.17) is 11.6 Å². The van der Waals surface area contributed by atoms with Gasteiger partial charge in [0.25, 0.3) is 0 Å². The van der Waals surface area contributed by atoms with Gasteiger partial charge in [-0.25, -0.2) is 0 Å². The number of hydrogen-bond acceptors (Lipinski definition) is 0. The van der Waals surface area contributed by atoms with Crippen molar-refractivity contribution in [2.75, 3.05) is 0 Å². The fourth-order valence-electron chi connectivity index (χ4n) is 4.16. The third kappa shape index (κ3) is 12.9. The van der Waals surface area contributed by atoms with Gasteiger partial charge in [-0.05, 0) is 87.4 Å². The smallest absolute Gasteiger partial charge is 0.0506 e. The maximum absolute atomic E-state index is 6.45. The molecule has 0 amide bonds. The molecule has 0 aliphatic rings. The Morgan fingerprint density at radius 1 is 0.974 bits per heavy atom. The molecule has 2 aromatic carbocycles. The zero-order valence-electron chi connectivity index (χ0n) is 26.8. The van der Waals surface area contributed by atoms with Crippen LogP contribution in [0.3, 0.4) is 0 Å². The zero-order valence-corrected chi connectivity index (χ0v) is 27.5. The van der Waals surface area contributed by atoms with Gasteiger partial charge in [0.15, 0.2) is 0 Å². The molecule has 0 aliphatic heterocycles. The third-order valence-corrected chi connectivity index (χ3v) is 7.00. The highest BCUT2D eigenvalue weighted by molar-refractivity contribution is 6.33. The molecule has 1 heterocycles. The van der Waals surface area contributed by atoms with E-state index in [1.165, 1.54) is 58.9 Å². The van der Waals surface area contributed by atoms with Gasteiger partial charge in [-0.15, -0.1) is 6.58 Å². The summed E-state index contributed by atoms with van der Waals surface area (Å²) in [4.78, 5) is 0. The van der Waals surface area contributed by atoms with E-state index in [9.17, 15) is 0 Å². The van der Waals surface area contributed by atoms with Gasteiger partial charge in [0.05, 0.1) is 5.69 Å². The first-order chi connectivity index (χ1) is 18.6. The van der Waals surface area contributed by atoms with Crippen molar-refractivity contribution in [3.63, 3.8) is 0 Å². The predicted octanol–water partition coefficient (Wildman–Crippen LogP) is 10.7. The topological polar surface area (TPSA) is 4.93 Å². The van der Waals surface area contributed by atoms with Crippen LogP contribution in [0.4, 0.5) is 0 Å². The van der Waals surface area contributed by atoms with Gasteiger partial charge in [0, 0.05) is 22.5 Å². The first kappa shape index (κ1) is 36.5. The van der Waals surface area contributed by atoms with E-state index in [0.29, 0.717) is 5.92 Å². The van der Waals surface area contributed by atoms with Crippen LogP contribution < -0.4 is 10.6 Å². The molecule has 0 saturated carbocycles. The molecule has 0 unspecified atom stereocenters. The van der Waals surface area contributed by atoms with Crippen molar-refractivity contribution in [3.8, 4) is 11.3 Å². The first-order valence-electron chi connectivity index (χ1n) is 14.9. The number of aryl methyl sites for hydroxylation is 3. The Balaban J connectivity index is 0.000000744. The SMILES string of the molecule is C=C(C)C.C=c1/c(=C\C)cc(-c2ccccc2Cl)n1C[C@@H](CC)CCCC.CC.CCc1ccc(C)c(C)c1. The maximum Gasteiger partial charge on any atom is 0.0506 e. The van der Waals surface area contributed by atoms with Gasteiger partial charge in [-0.2, -0.15) is 0 Å². The largest absolute Gasteiger partial charge is 0.341 e. The Kier molecular flexibility index (Phi) is 19.1. The molecule has 0 spiro atoms. The van der Waals surface area contributed by atoms with Crippen molar-refractivity contribution in [1.29, 1.82) is 0 Å². The van der Waals surface area contributed by atoms with Crippen LogP contribution in [0.1, 0.15) is 97.8 Å². The zero-order chi connectivity index (χ0) is 30.0. The molecule has 0 fully saturated rings. The van der Waals surface area contributed by atoms with E-state index in [-0.39, 0.29) is 0 Å².